The molecule has 0 bridgehead atoms. The van der Waals surface area contributed by atoms with Gasteiger partial charge in [-0.15, -0.1) is 0 Å². The van der Waals surface area contributed by atoms with Crippen LogP contribution in [0.25, 0.3) is 22.3 Å². The van der Waals surface area contributed by atoms with Crippen molar-refractivity contribution in [3.8, 4) is 22.3 Å². The second-order valence-corrected chi connectivity index (χ2v) is 5.61. The first kappa shape index (κ1) is 14.8. The molecule has 1 atom stereocenters. The number of hydrogen-bond donors (Lipinski definition) is 1. The van der Waals surface area contributed by atoms with Crippen molar-refractivity contribution in [3.05, 3.63) is 72.3 Å². The zero-order valence-corrected chi connectivity index (χ0v) is 12.2. The first-order valence-electron chi connectivity index (χ1n) is 7.22. The van der Waals surface area contributed by atoms with Gasteiger partial charge in [-0.2, -0.15) is 13.2 Å². The lowest BCUT2D eigenvalue weighted by molar-refractivity contribution is -0.246. The zero-order chi connectivity index (χ0) is 16.9. The Labute approximate surface area is 135 Å². The summed E-state index contributed by atoms with van der Waals surface area (Å²) in [5.41, 5.74) is -1.47. The van der Waals surface area contributed by atoms with Gasteiger partial charge in [0, 0.05) is 29.1 Å². The largest absolute Gasteiger partial charge is 0.425 e. The number of aromatic nitrogens is 2. The van der Waals surface area contributed by atoms with Crippen LogP contribution in [0.4, 0.5) is 13.2 Å². The molecule has 0 fully saturated rings. The van der Waals surface area contributed by atoms with E-state index < -0.39 is 11.8 Å². The minimum absolute atomic E-state index is 0.156. The molecule has 0 spiro atoms. The molecule has 3 nitrogen and oxygen atoms in total. The summed E-state index contributed by atoms with van der Waals surface area (Å²) < 4.78 is 41.3. The molecule has 1 aromatic heterocycles. The molecule has 24 heavy (non-hydrogen) atoms. The van der Waals surface area contributed by atoms with E-state index in [4.69, 9.17) is 0 Å². The molecule has 0 aliphatic heterocycles. The summed E-state index contributed by atoms with van der Waals surface area (Å²) in [5.74, 6) is 0. The highest BCUT2D eigenvalue weighted by atomic mass is 19.4. The summed E-state index contributed by atoms with van der Waals surface area (Å²) in [6.07, 6.45) is -0.404. The van der Waals surface area contributed by atoms with Gasteiger partial charge in [-0.05, 0) is 16.7 Å². The monoisotopic (exact) mass is 328 g/mol. The summed E-state index contributed by atoms with van der Waals surface area (Å²) in [5, 5.41) is 10.6. The number of rotatable bonds is 1. The minimum atomic E-state index is -4.83. The molecule has 0 radical (unpaired) electrons. The van der Waals surface area contributed by atoms with Crippen LogP contribution in [0.15, 0.2) is 61.2 Å². The van der Waals surface area contributed by atoms with Crippen LogP contribution in [0, 0.1) is 0 Å². The van der Waals surface area contributed by atoms with Gasteiger partial charge in [0.15, 0.2) is 0 Å². The Morgan fingerprint density at radius 1 is 0.833 bits per heavy atom. The van der Waals surface area contributed by atoms with Crippen molar-refractivity contribution < 1.29 is 18.3 Å². The van der Waals surface area contributed by atoms with Crippen LogP contribution in [-0.2, 0) is 5.60 Å². The van der Waals surface area contributed by atoms with Crippen LogP contribution < -0.4 is 0 Å². The minimum Gasteiger partial charge on any atom is -0.372 e. The molecule has 3 aromatic rings. The molecule has 2 aromatic carbocycles. The van der Waals surface area contributed by atoms with Gasteiger partial charge in [-0.3, -0.25) is 0 Å². The SMILES string of the molecule is OC1(C(F)(F)F)c2ccccc2-c2c(-c3cncnc3)cccc21. The molecule has 6 heteroatoms. The Morgan fingerprint density at radius 2 is 1.46 bits per heavy atom. The van der Waals surface area contributed by atoms with Gasteiger partial charge >= 0.3 is 6.18 Å². The van der Waals surface area contributed by atoms with Crippen molar-refractivity contribution in [2.24, 2.45) is 0 Å². The van der Waals surface area contributed by atoms with Crippen molar-refractivity contribution in [1.82, 2.24) is 9.97 Å². The van der Waals surface area contributed by atoms with E-state index in [1.165, 1.54) is 43.0 Å². The molecular weight excluding hydrogens is 317 g/mol. The predicted octanol–water partition coefficient (Wildman–Crippen LogP) is 3.92. The Kier molecular flexibility index (Phi) is 3.02. The average Bonchev–Trinajstić information content (AvgIpc) is 2.87. The van der Waals surface area contributed by atoms with Crippen LogP contribution in [0.5, 0.6) is 0 Å². The maximum absolute atomic E-state index is 13.8. The second kappa shape index (κ2) is 4.88. The average molecular weight is 328 g/mol. The van der Waals surface area contributed by atoms with E-state index in [2.05, 4.69) is 9.97 Å². The maximum atomic E-state index is 13.8. The fraction of sp³-hybridized carbons (Fsp3) is 0.111. The molecule has 1 aliphatic carbocycles. The molecular formula is C18H11F3N2O. The normalized spacial score (nSPS) is 19.0. The van der Waals surface area contributed by atoms with Gasteiger partial charge in [-0.25, -0.2) is 9.97 Å². The van der Waals surface area contributed by atoms with Crippen molar-refractivity contribution in [2.75, 3.05) is 0 Å². The van der Waals surface area contributed by atoms with E-state index in [-0.39, 0.29) is 11.1 Å². The fourth-order valence-electron chi connectivity index (χ4n) is 3.29. The highest BCUT2D eigenvalue weighted by Crippen LogP contribution is 2.56. The Bertz CT molecular complexity index is 925. The Morgan fingerprint density at radius 3 is 2.17 bits per heavy atom. The summed E-state index contributed by atoms with van der Waals surface area (Å²) in [6.45, 7) is 0. The van der Waals surface area contributed by atoms with Crippen molar-refractivity contribution in [1.29, 1.82) is 0 Å². The van der Waals surface area contributed by atoms with Crippen molar-refractivity contribution in [2.45, 2.75) is 11.8 Å². The number of fused-ring (bicyclic) bond motifs is 3. The third-order valence-corrected chi connectivity index (χ3v) is 4.32. The highest BCUT2D eigenvalue weighted by molar-refractivity contribution is 5.92. The lowest BCUT2D eigenvalue weighted by atomic mass is 9.89. The predicted molar refractivity (Wildman–Crippen MR) is 82.0 cm³/mol. The van der Waals surface area contributed by atoms with Crippen LogP contribution in [0.2, 0.25) is 0 Å². The number of hydrogen-bond acceptors (Lipinski definition) is 3. The molecule has 0 saturated heterocycles. The molecule has 120 valence electrons. The molecule has 1 heterocycles. The Hall–Kier alpha value is -2.73. The molecule has 0 amide bonds. The van der Waals surface area contributed by atoms with Gasteiger partial charge in [0.2, 0.25) is 5.60 Å². The van der Waals surface area contributed by atoms with Crippen molar-refractivity contribution >= 4 is 0 Å². The van der Waals surface area contributed by atoms with Crippen LogP contribution >= 0.6 is 0 Å². The van der Waals surface area contributed by atoms with E-state index in [9.17, 15) is 18.3 Å². The van der Waals surface area contributed by atoms with E-state index in [0.29, 0.717) is 22.3 Å². The highest BCUT2D eigenvalue weighted by Gasteiger charge is 2.61. The van der Waals surface area contributed by atoms with Crippen LogP contribution in [-0.4, -0.2) is 21.3 Å². The molecule has 1 aliphatic rings. The second-order valence-electron chi connectivity index (χ2n) is 5.61. The lowest BCUT2D eigenvalue weighted by Gasteiger charge is -2.28. The van der Waals surface area contributed by atoms with E-state index >= 15 is 0 Å². The number of nitrogens with zero attached hydrogens (tertiary/aromatic N) is 2. The first-order chi connectivity index (χ1) is 11.4. The smallest absolute Gasteiger partial charge is 0.372 e. The Balaban J connectivity index is 2.10. The van der Waals surface area contributed by atoms with E-state index in [1.807, 2.05) is 0 Å². The molecule has 1 unspecified atom stereocenters. The number of alkyl halides is 3. The maximum Gasteiger partial charge on any atom is 0.425 e. The fourth-order valence-corrected chi connectivity index (χ4v) is 3.29. The summed E-state index contributed by atoms with van der Waals surface area (Å²) in [7, 11) is 0. The topological polar surface area (TPSA) is 46.0 Å². The van der Waals surface area contributed by atoms with Crippen molar-refractivity contribution in [3.63, 3.8) is 0 Å². The van der Waals surface area contributed by atoms with Gasteiger partial charge in [0.1, 0.15) is 6.33 Å². The van der Waals surface area contributed by atoms with E-state index in [0.717, 1.165) is 0 Å². The summed E-state index contributed by atoms with van der Waals surface area (Å²) in [6, 6.07) is 10.6. The van der Waals surface area contributed by atoms with Gasteiger partial charge in [0.25, 0.3) is 0 Å². The quantitative estimate of drug-likeness (QED) is 0.736. The van der Waals surface area contributed by atoms with Gasteiger partial charge < -0.3 is 5.11 Å². The van der Waals surface area contributed by atoms with E-state index in [1.54, 1.807) is 18.2 Å². The summed E-state index contributed by atoms with van der Waals surface area (Å²) in [4.78, 5) is 7.86. The molecule has 1 N–H and O–H groups in total. The molecule has 4 rings (SSSR count). The number of aliphatic hydroxyl groups is 1. The third-order valence-electron chi connectivity index (χ3n) is 4.32. The van der Waals surface area contributed by atoms with Crippen LogP contribution in [0.1, 0.15) is 11.1 Å². The summed E-state index contributed by atoms with van der Waals surface area (Å²) >= 11 is 0. The standard InChI is InChI=1S/C18H11F3N2O/c19-18(20,21)17(24)14-6-2-1-4-13(14)16-12(5-3-7-15(16)17)11-8-22-10-23-9-11/h1-10,24H. The molecule has 0 saturated carbocycles. The van der Waals surface area contributed by atoms with Crippen LogP contribution in [0.3, 0.4) is 0 Å². The number of benzene rings is 2. The zero-order valence-electron chi connectivity index (χ0n) is 12.2. The van der Waals surface area contributed by atoms with Gasteiger partial charge in [0.05, 0.1) is 0 Å². The number of halogens is 3. The third kappa shape index (κ3) is 1.83. The van der Waals surface area contributed by atoms with Gasteiger partial charge in [-0.1, -0.05) is 42.5 Å². The lowest BCUT2D eigenvalue weighted by Crippen LogP contribution is -2.41. The first-order valence-corrected chi connectivity index (χ1v) is 7.22.